The molecule has 0 N–H and O–H groups in total. The number of fused-ring (bicyclic) bond motifs is 2. The van der Waals surface area contributed by atoms with Crippen LogP contribution in [-0.4, -0.2) is 5.97 Å². The molecule has 0 saturated carbocycles. The van der Waals surface area contributed by atoms with Gasteiger partial charge in [0.1, 0.15) is 22.3 Å². The van der Waals surface area contributed by atoms with Crippen LogP contribution in [0.3, 0.4) is 0 Å². The SMILES string of the molecule is CC(=O)Oc1cc(CBr)cc2oc3ccccc3c(=O)c12. The highest BCUT2D eigenvalue weighted by Gasteiger charge is 2.15. The van der Waals surface area contributed by atoms with Crippen LogP contribution in [0.2, 0.25) is 0 Å². The van der Waals surface area contributed by atoms with E-state index in [0.717, 1.165) is 5.56 Å². The van der Waals surface area contributed by atoms with Crippen molar-refractivity contribution in [3.05, 3.63) is 52.2 Å². The second-order valence-electron chi connectivity index (χ2n) is 4.62. The molecule has 2 aromatic carbocycles. The summed E-state index contributed by atoms with van der Waals surface area (Å²) >= 11 is 3.35. The van der Waals surface area contributed by atoms with E-state index in [1.54, 1.807) is 36.4 Å². The molecule has 0 saturated heterocycles. The maximum atomic E-state index is 12.6. The molecule has 4 nitrogen and oxygen atoms in total. The minimum Gasteiger partial charge on any atom is -0.456 e. The van der Waals surface area contributed by atoms with Crippen LogP contribution in [0.4, 0.5) is 0 Å². The standard InChI is InChI=1S/C16H11BrO4/c1-9(18)20-13-6-10(8-17)7-14-15(13)16(19)11-4-2-3-5-12(11)21-14/h2-7H,8H2,1H3. The second kappa shape index (κ2) is 5.33. The van der Waals surface area contributed by atoms with Gasteiger partial charge in [-0.05, 0) is 29.8 Å². The minimum absolute atomic E-state index is 0.204. The lowest BCUT2D eigenvalue weighted by atomic mass is 10.1. The van der Waals surface area contributed by atoms with Gasteiger partial charge >= 0.3 is 5.97 Å². The van der Waals surface area contributed by atoms with Crippen molar-refractivity contribution in [2.24, 2.45) is 0 Å². The number of benzene rings is 2. The monoisotopic (exact) mass is 346 g/mol. The normalized spacial score (nSPS) is 11.0. The van der Waals surface area contributed by atoms with Crippen LogP contribution >= 0.6 is 15.9 Å². The summed E-state index contributed by atoms with van der Waals surface area (Å²) in [4.78, 5) is 23.9. The fourth-order valence-electron chi connectivity index (χ4n) is 2.26. The molecule has 0 bridgehead atoms. The van der Waals surface area contributed by atoms with Crippen LogP contribution < -0.4 is 10.2 Å². The molecule has 0 aliphatic rings. The van der Waals surface area contributed by atoms with E-state index >= 15 is 0 Å². The summed E-state index contributed by atoms with van der Waals surface area (Å²) in [5, 5.41) is 1.31. The Morgan fingerprint density at radius 1 is 1.24 bits per heavy atom. The maximum absolute atomic E-state index is 12.6. The van der Waals surface area contributed by atoms with Gasteiger partial charge in [0.05, 0.1) is 5.39 Å². The van der Waals surface area contributed by atoms with Gasteiger partial charge in [-0.3, -0.25) is 9.59 Å². The molecule has 5 heteroatoms. The summed E-state index contributed by atoms with van der Waals surface area (Å²) in [6, 6.07) is 10.4. The minimum atomic E-state index is -0.476. The zero-order valence-electron chi connectivity index (χ0n) is 11.2. The van der Waals surface area contributed by atoms with Gasteiger partial charge in [0.15, 0.2) is 0 Å². The van der Waals surface area contributed by atoms with Crippen molar-refractivity contribution in [1.82, 2.24) is 0 Å². The third kappa shape index (κ3) is 2.45. The Bertz CT molecular complexity index is 911. The third-order valence-electron chi connectivity index (χ3n) is 3.11. The van der Waals surface area contributed by atoms with E-state index < -0.39 is 5.97 Å². The number of alkyl halides is 1. The predicted octanol–water partition coefficient (Wildman–Crippen LogP) is 3.77. The average Bonchev–Trinajstić information content (AvgIpc) is 2.46. The van der Waals surface area contributed by atoms with E-state index in [2.05, 4.69) is 15.9 Å². The number of hydrogen-bond donors (Lipinski definition) is 0. The van der Waals surface area contributed by atoms with Gasteiger partial charge in [-0.2, -0.15) is 0 Å². The molecule has 21 heavy (non-hydrogen) atoms. The highest BCUT2D eigenvalue weighted by atomic mass is 79.9. The molecule has 1 heterocycles. The van der Waals surface area contributed by atoms with Crippen molar-refractivity contribution >= 4 is 43.8 Å². The van der Waals surface area contributed by atoms with Crippen LogP contribution in [0.1, 0.15) is 12.5 Å². The number of ether oxygens (including phenoxy) is 1. The van der Waals surface area contributed by atoms with Crippen LogP contribution in [-0.2, 0) is 10.1 Å². The fourth-order valence-corrected chi connectivity index (χ4v) is 2.58. The molecule has 0 radical (unpaired) electrons. The van der Waals surface area contributed by atoms with Crippen molar-refractivity contribution in [3.63, 3.8) is 0 Å². The summed E-state index contributed by atoms with van der Waals surface area (Å²) in [6.07, 6.45) is 0. The first-order chi connectivity index (χ1) is 10.1. The van der Waals surface area contributed by atoms with E-state index in [1.165, 1.54) is 6.92 Å². The number of hydrogen-bond acceptors (Lipinski definition) is 4. The largest absolute Gasteiger partial charge is 0.456 e. The Balaban J connectivity index is 2.46. The van der Waals surface area contributed by atoms with E-state index in [-0.39, 0.29) is 16.6 Å². The molecular formula is C16H11BrO4. The molecule has 0 spiro atoms. The summed E-state index contributed by atoms with van der Waals surface area (Å²) in [7, 11) is 0. The van der Waals surface area contributed by atoms with Crippen molar-refractivity contribution in [1.29, 1.82) is 0 Å². The van der Waals surface area contributed by atoms with Crippen molar-refractivity contribution in [2.45, 2.75) is 12.3 Å². The van der Waals surface area contributed by atoms with E-state index in [1.807, 2.05) is 0 Å². The number of para-hydroxylation sites is 1. The van der Waals surface area contributed by atoms with Gasteiger partial charge in [0.2, 0.25) is 5.43 Å². The number of carbonyl (C=O) groups is 1. The molecule has 3 aromatic rings. The molecule has 106 valence electrons. The van der Waals surface area contributed by atoms with Gasteiger partial charge in [-0.25, -0.2) is 0 Å². The summed E-state index contributed by atoms with van der Waals surface area (Å²) in [5.41, 5.74) is 1.57. The lowest BCUT2D eigenvalue weighted by Gasteiger charge is -2.08. The first-order valence-corrected chi connectivity index (χ1v) is 7.45. The van der Waals surface area contributed by atoms with Gasteiger partial charge < -0.3 is 9.15 Å². The average molecular weight is 347 g/mol. The first-order valence-electron chi connectivity index (χ1n) is 6.33. The lowest BCUT2D eigenvalue weighted by molar-refractivity contribution is -0.131. The Morgan fingerprint density at radius 2 is 2.00 bits per heavy atom. The van der Waals surface area contributed by atoms with Crippen LogP contribution in [0.5, 0.6) is 5.75 Å². The number of esters is 1. The molecule has 0 unspecified atom stereocenters. The summed E-state index contributed by atoms with van der Waals surface area (Å²) in [6.45, 7) is 1.30. The van der Waals surface area contributed by atoms with Gasteiger partial charge in [0.25, 0.3) is 0 Å². The van der Waals surface area contributed by atoms with Gasteiger partial charge in [-0.15, -0.1) is 0 Å². The van der Waals surface area contributed by atoms with Crippen molar-refractivity contribution in [3.8, 4) is 5.75 Å². The van der Waals surface area contributed by atoms with Gasteiger partial charge in [-0.1, -0.05) is 28.1 Å². The molecule has 0 aliphatic carbocycles. The molecule has 0 fully saturated rings. The molecule has 3 rings (SSSR count). The van der Waals surface area contributed by atoms with Gasteiger partial charge in [0, 0.05) is 12.3 Å². The Kier molecular flexibility index (Phi) is 3.51. The van der Waals surface area contributed by atoms with Crippen molar-refractivity contribution < 1.29 is 13.9 Å². The van der Waals surface area contributed by atoms with E-state index in [4.69, 9.17) is 9.15 Å². The highest BCUT2D eigenvalue weighted by Crippen LogP contribution is 2.29. The fraction of sp³-hybridized carbons (Fsp3) is 0.125. The zero-order valence-corrected chi connectivity index (χ0v) is 12.8. The topological polar surface area (TPSA) is 56.5 Å². The zero-order chi connectivity index (χ0) is 15.0. The third-order valence-corrected chi connectivity index (χ3v) is 3.76. The van der Waals surface area contributed by atoms with Crippen LogP contribution in [0, 0.1) is 0 Å². The Labute approximate surface area is 128 Å². The number of rotatable bonds is 2. The Hall–Kier alpha value is -2.14. The van der Waals surface area contributed by atoms with E-state index in [0.29, 0.717) is 21.9 Å². The second-order valence-corrected chi connectivity index (χ2v) is 5.18. The lowest BCUT2D eigenvalue weighted by Crippen LogP contribution is -2.08. The van der Waals surface area contributed by atoms with Crippen LogP contribution in [0.15, 0.2) is 45.6 Å². The number of halogens is 1. The summed E-state index contributed by atoms with van der Waals surface area (Å²) in [5.74, 6) is -0.246. The van der Waals surface area contributed by atoms with Crippen molar-refractivity contribution in [2.75, 3.05) is 0 Å². The highest BCUT2D eigenvalue weighted by molar-refractivity contribution is 9.08. The molecule has 1 aromatic heterocycles. The smallest absolute Gasteiger partial charge is 0.308 e. The predicted molar refractivity (Wildman–Crippen MR) is 83.9 cm³/mol. The molecule has 0 amide bonds. The Morgan fingerprint density at radius 3 is 2.71 bits per heavy atom. The maximum Gasteiger partial charge on any atom is 0.308 e. The molecular weight excluding hydrogens is 336 g/mol. The molecule has 0 aliphatic heterocycles. The molecule has 0 atom stereocenters. The quantitative estimate of drug-likeness (QED) is 0.307. The number of carbonyl (C=O) groups excluding carboxylic acids is 1. The summed E-state index contributed by atoms with van der Waals surface area (Å²) < 4.78 is 11.0. The van der Waals surface area contributed by atoms with Crippen LogP contribution in [0.25, 0.3) is 21.9 Å². The first kappa shape index (κ1) is 13.8. The van der Waals surface area contributed by atoms with E-state index in [9.17, 15) is 9.59 Å².